The van der Waals surface area contributed by atoms with Crippen molar-refractivity contribution in [2.45, 2.75) is 31.8 Å². The molecule has 2 fully saturated rings. The maximum Gasteiger partial charge on any atom is 0.0826 e. The van der Waals surface area contributed by atoms with Crippen LogP contribution in [0.15, 0.2) is 0 Å². The van der Waals surface area contributed by atoms with Crippen molar-refractivity contribution in [3.05, 3.63) is 0 Å². The molecule has 106 valence electrons. The summed E-state index contributed by atoms with van der Waals surface area (Å²) in [7, 11) is 2.15. The molecule has 2 rings (SSSR count). The van der Waals surface area contributed by atoms with E-state index < -0.39 is 0 Å². The Kier molecular flexibility index (Phi) is 5.89. The second-order valence-electron chi connectivity index (χ2n) is 5.90. The third-order valence-electron chi connectivity index (χ3n) is 4.42. The predicted octanol–water partition coefficient (Wildman–Crippen LogP) is 0.705. The maximum atomic E-state index is 9.39. The van der Waals surface area contributed by atoms with Gasteiger partial charge in [0.25, 0.3) is 0 Å². The minimum Gasteiger partial charge on any atom is -0.396 e. The molecule has 1 saturated carbocycles. The molecule has 0 radical (unpaired) electrons. The van der Waals surface area contributed by atoms with E-state index in [-0.39, 0.29) is 0 Å². The van der Waals surface area contributed by atoms with Crippen molar-refractivity contribution in [3.8, 4) is 0 Å². The summed E-state index contributed by atoms with van der Waals surface area (Å²) < 4.78 is 5.74. The van der Waals surface area contributed by atoms with Crippen LogP contribution < -0.4 is 5.32 Å². The highest BCUT2D eigenvalue weighted by molar-refractivity contribution is 4.78. The van der Waals surface area contributed by atoms with Crippen LogP contribution in [0.5, 0.6) is 0 Å². The van der Waals surface area contributed by atoms with Gasteiger partial charge in [-0.15, -0.1) is 0 Å². The zero-order valence-electron chi connectivity index (χ0n) is 11.6. The number of morpholine rings is 1. The van der Waals surface area contributed by atoms with Gasteiger partial charge in [-0.1, -0.05) is 12.8 Å². The fourth-order valence-electron chi connectivity index (χ4n) is 3.21. The summed E-state index contributed by atoms with van der Waals surface area (Å²) in [5.41, 5.74) is 0. The molecule has 1 saturated heterocycles. The van der Waals surface area contributed by atoms with Gasteiger partial charge < -0.3 is 20.1 Å². The molecule has 3 atom stereocenters. The number of rotatable bonds is 5. The van der Waals surface area contributed by atoms with Crippen molar-refractivity contribution in [3.63, 3.8) is 0 Å². The lowest BCUT2D eigenvalue weighted by atomic mass is 9.79. The molecule has 0 aromatic rings. The topological polar surface area (TPSA) is 44.7 Å². The fourth-order valence-corrected chi connectivity index (χ4v) is 3.21. The Morgan fingerprint density at radius 1 is 1.22 bits per heavy atom. The van der Waals surface area contributed by atoms with Crippen molar-refractivity contribution >= 4 is 0 Å². The molecule has 1 aliphatic carbocycles. The smallest absolute Gasteiger partial charge is 0.0826 e. The van der Waals surface area contributed by atoms with Crippen molar-refractivity contribution in [2.75, 3.05) is 46.4 Å². The second-order valence-corrected chi connectivity index (χ2v) is 5.90. The average molecular weight is 256 g/mol. The highest BCUT2D eigenvalue weighted by atomic mass is 16.5. The van der Waals surface area contributed by atoms with Gasteiger partial charge in [-0.2, -0.15) is 0 Å². The molecule has 4 nitrogen and oxygen atoms in total. The van der Waals surface area contributed by atoms with E-state index in [1.54, 1.807) is 0 Å². The standard InChI is InChI=1S/C14H28N2O2/c1-16-6-7-18-14(10-16)9-15-8-12-4-2-3-5-13(12)11-17/h12-15,17H,2-11H2,1H3. The summed E-state index contributed by atoms with van der Waals surface area (Å²) >= 11 is 0. The average Bonchev–Trinajstić information content (AvgIpc) is 2.39. The van der Waals surface area contributed by atoms with Gasteiger partial charge in [0.2, 0.25) is 0 Å². The van der Waals surface area contributed by atoms with E-state index in [2.05, 4.69) is 17.3 Å². The Labute approximate surface area is 111 Å². The van der Waals surface area contributed by atoms with Crippen LogP contribution in [0.1, 0.15) is 25.7 Å². The highest BCUT2D eigenvalue weighted by Gasteiger charge is 2.24. The first kappa shape index (κ1) is 14.3. The van der Waals surface area contributed by atoms with Crippen molar-refractivity contribution in [2.24, 2.45) is 11.8 Å². The number of likely N-dealkylation sites (N-methyl/N-ethyl adjacent to an activating group) is 1. The zero-order valence-corrected chi connectivity index (χ0v) is 11.6. The van der Waals surface area contributed by atoms with Gasteiger partial charge in [0.1, 0.15) is 0 Å². The Hall–Kier alpha value is -0.160. The van der Waals surface area contributed by atoms with Crippen LogP contribution in [0.2, 0.25) is 0 Å². The third-order valence-corrected chi connectivity index (χ3v) is 4.42. The minimum absolute atomic E-state index is 0.333. The summed E-state index contributed by atoms with van der Waals surface area (Å²) in [6, 6.07) is 0. The van der Waals surface area contributed by atoms with Crippen LogP contribution in [-0.2, 0) is 4.74 Å². The van der Waals surface area contributed by atoms with Gasteiger partial charge >= 0.3 is 0 Å². The van der Waals surface area contributed by atoms with Crippen molar-refractivity contribution in [1.29, 1.82) is 0 Å². The predicted molar refractivity (Wildman–Crippen MR) is 72.6 cm³/mol. The molecule has 18 heavy (non-hydrogen) atoms. The number of hydrogen-bond acceptors (Lipinski definition) is 4. The lowest BCUT2D eigenvalue weighted by Crippen LogP contribution is -2.46. The second kappa shape index (κ2) is 7.43. The summed E-state index contributed by atoms with van der Waals surface area (Å²) in [5.74, 6) is 1.17. The monoisotopic (exact) mass is 256 g/mol. The van der Waals surface area contributed by atoms with Gasteiger partial charge in [0, 0.05) is 26.2 Å². The fraction of sp³-hybridized carbons (Fsp3) is 1.00. The zero-order chi connectivity index (χ0) is 12.8. The molecule has 0 aromatic carbocycles. The lowest BCUT2D eigenvalue weighted by Gasteiger charge is -2.33. The Morgan fingerprint density at radius 3 is 2.72 bits per heavy atom. The minimum atomic E-state index is 0.333. The number of aliphatic hydroxyl groups is 1. The number of hydrogen-bond donors (Lipinski definition) is 2. The molecule has 0 bridgehead atoms. The Balaban J connectivity index is 1.64. The highest BCUT2D eigenvalue weighted by Crippen LogP contribution is 2.29. The SMILES string of the molecule is CN1CCOC(CNCC2CCCCC2CO)C1. The molecule has 2 N–H and O–H groups in total. The molecule has 0 spiro atoms. The summed E-state index contributed by atoms with van der Waals surface area (Å²) in [6.45, 7) is 5.27. The lowest BCUT2D eigenvalue weighted by molar-refractivity contribution is -0.0190. The third kappa shape index (κ3) is 4.19. The van der Waals surface area contributed by atoms with Crippen LogP contribution in [0.25, 0.3) is 0 Å². The molecule has 0 amide bonds. The Bertz CT molecular complexity index is 238. The van der Waals surface area contributed by atoms with Crippen molar-refractivity contribution in [1.82, 2.24) is 10.2 Å². The Morgan fingerprint density at radius 2 is 2.00 bits per heavy atom. The van der Waals surface area contributed by atoms with Crippen LogP contribution in [0.4, 0.5) is 0 Å². The van der Waals surface area contributed by atoms with Gasteiger partial charge in [0.15, 0.2) is 0 Å². The van der Waals surface area contributed by atoms with E-state index in [0.29, 0.717) is 24.5 Å². The number of nitrogens with zero attached hydrogens (tertiary/aromatic N) is 1. The van der Waals surface area contributed by atoms with E-state index >= 15 is 0 Å². The van der Waals surface area contributed by atoms with Gasteiger partial charge in [-0.3, -0.25) is 0 Å². The molecule has 1 heterocycles. The normalized spacial score (nSPS) is 34.7. The van der Waals surface area contributed by atoms with E-state index in [0.717, 1.165) is 32.8 Å². The van der Waals surface area contributed by atoms with Gasteiger partial charge in [-0.05, 0) is 38.3 Å². The van der Waals surface area contributed by atoms with Crippen molar-refractivity contribution < 1.29 is 9.84 Å². The largest absolute Gasteiger partial charge is 0.396 e. The molecular formula is C14H28N2O2. The summed E-state index contributed by atoms with van der Waals surface area (Å²) in [4.78, 5) is 2.33. The van der Waals surface area contributed by atoms with Gasteiger partial charge in [0.05, 0.1) is 12.7 Å². The maximum absolute atomic E-state index is 9.39. The molecule has 1 aliphatic heterocycles. The molecule has 0 aromatic heterocycles. The summed E-state index contributed by atoms with van der Waals surface area (Å²) in [6.07, 6.45) is 5.42. The molecular weight excluding hydrogens is 228 g/mol. The van der Waals surface area contributed by atoms with E-state index in [9.17, 15) is 5.11 Å². The number of aliphatic hydroxyl groups excluding tert-OH is 1. The van der Waals surface area contributed by atoms with Crippen LogP contribution in [0, 0.1) is 11.8 Å². The first-order chi connectivity index (χ1) is 8.79. The van der Waals surface area contributed by atoms with E-state index in [4.69, 9.17) is 4.74 Å². The van der Waals surface area contributed by atoms with Crippen LogP contribution >= 0.6 is 0 Å². The number of nitrogens with one attached hydrogen (secondary N) is 1. The van der Waals surface area contributed by atoms with Gasteiger partial charge in [-0.25, -0.2) is 0 Å². The number of ether oxygens (including phenoxy) is 1. The van der Waals surface area contributed by atoms with Crippen LogP contribution in [-0.4, -0.2) is 62.6 Å². The molecule has 2 aliphatic rings. The molecule has 3 unspecified atom stereocenters. The van der Waals surface area contributed by atoms with Crippen LogP contribution in [0.3, 0.4) is 0 Å². The molecule has 4 heteroatoms. The first-order valence-corrected chi connectivity index (χ1v) is 7.41. The van der Waals surface area contributed by atoms with E-state index in [1.165, 1.54) is 25.7 Å². The quantitative estimate of drug-likeness (QED) is 0.760. The summed E-state index contributed by atoms with van der Waals surface area (Å²) in [5, 5.41) is 12.9. The first-order valence-electron chi connectivity index (χ1n) is 7.41. The van der Waals surface area contributed by atoms with E-state index in [1.807, 2.05) is 0 Å².